The molecule has 0 aliphatic heterocycles. The highest BCUT2D eigenvalue weighted by atomic mass is 16.7. The molecule has 0 aliphatic rings. The average molecular weight is 146 g/mol. The van der Waals surface area contributed by atoms with Crippen molar-refractivity contribution in [1.29, 1.82) is 0 Å². The molecule has 0 radical (unpaired) electrons. The summed E-state index contributed by atoms with van der Waals surface area (Å²) in [7, 11) is 3.04. The molecule has 0 atom stereocenters. The molecule has 0 aliphatic carbocycles. The molecule has 60 valence electrons. The summed E-state index contributed by atoms with van der Waals surface area (Å²) in [6.07, 6.45) is 1.17. The number of hydrogen-bond donors (Lipinski definition) is 1. The van der Waals surface area contributed by atoms with Crippen molar-refractivity contribution >= 4 is 5.91 Å². The Balaban J connectivity index is 3.42. The van der Waals surface area contributed by atoms with E-state index < -0.39 is 0 Å². The average Bonchev–Trinajstić information content (AvgIpc) is 1.98. The first-order chi connectivity index (χ1) is 4.72. The molecule has 10 heavy (non-hydrogen) atoms. The number of rotatable bonds is 4. The lowest BCUT2D eigenvalue weighted by Gasteiger charge is -2.12. The van der Waals surface area contributed by atoms with Gasteiger partial charge in [0.05, 0.1) is 7.11 Å². The zero-order chi connectivity index (χ0) is 7.98. The molecule has 0 aromatic carbocycles. The fourth-order valence-corrected chi connectivity index (χ4v) is 0.513. The van der Waals surface area contributed by atoms with E-state index in [1.807, 2.05) is 0 Å². The summed E-state index contributed by atoms with van der Waals surface area (Å²) < 4.78 is 0. The van der Waals surface area contributed by atoms with Gasteiger partial charge in [-0.15, -0.1) is 0 Å². The minimum Gasteiger partial charge on any atom is -0.330 e. The Hall–Kier alpha value is -0.610. The Morgan fingerprint density at radius 2 is 2.30 bits per heavy atom. The summed E-state index contributed by atoms with van der Waals surface area (Å²) in [6, 6.07) is 0. The molecular formula is C6H14N2O2. The highest BCUT2D eigenvalue weighted by molar-refractivity contribution is 5.74. The third kappa shape index (κ3) is 3.42. The monoisotopic (exact) mass is 146 g/mol. The number of nitrogens with two attached hydrogens (primary N) is 1. The molecule has 2 N–H and O–H groups in total. The van der Waals surface area contributed by atoms with E-state index in [-0.39, 0.29) is 5.91 Å². The van der Waals surface area contributed by atoms with Gasteiger partial charge < -0.3 is 5.73 Å². The normalized spacial score (nSPS) is 9.50. The molecular weight excluding hydrogens is 132 g/mol. The minimum absolute atomic E-state index is 0.0343. The second-order valence-electron chi connectivity index (χ2n) is 1.97. The molecule has 0 saturated carbocycles. The van der Waals surface area contributed by atoms with Gasteiger partial charge >= 0.3 is 0 Å². The molecule has 0 fully saturated rings. The molecule has 4 nitrogen and oxygen atoms in total. The van der Waals surface area contributed by atoms with Crippen LogP contribution in [0.4, 0.5) is 0 Å². The number of carbonyl (C=O) groups excluding carboxylic acids is 1. The van der Waals surface area contributed by atoms with Crippen molar-refractivity contribution in [3.8, 4) is 0 Å². The van der Waals surface area contributed by atoms with Gasteiger partial charge in [-0.1, -0.05) is 0 Å². The molecule has 4 heteroatoms. The first-order valence-corrected chi connectivity index (χ1v) is 3.23. The van der Waals surface area contributed by atoms with Crippen molar-refractivity contribution in [3.63, 3.8) is 0 Å². The zero-order valence-electron chi connectivity index (χ0n) is 6.46. The standard InChI is InChI=1S/C6H14N2O2/c1-8(10-2)6(9)4-3-5-7/h3-5,7H2,1-2H3. The van der Waals surface area contributed by atoms with E-state index in [2.05, 4.69) is 4.84 Å². The van der Waals surface area contributed by atoms with E-state index in [4.69, 9.17) is 5.73 Å². The predicted molar refractivity (Wildman–Crippen MR) is 38.1 cm³/mol. The van der Waals surface area contributed by atoms with Gasteiger partial charge in [0.2, 0.25) is 5.91 Å². The van der Waals surface area contributed by atoms with Crippen LogP contribution < -0.4 is 5.73 Å². The van der Waals surface area contributed by atoms with Crippen LogP contribution in [0.2, 0.25) is 0 Å². The summed E-state index contributed by atoms with van der Waals surface area (Å²) in [5.41, 5.74) is 5.21. The largest absolute Gasteiger partial charge is 0.330 e. The topological polar surface area (TPSA) is 55.6 Å². The van der Waals surface area contributed by atoms with E-state index in [1.54, 1.807) is 7.05 Å². The second kappa shape index (κ2) is 5.20. The van der Waals surface area contributed by atoms with Gasteiger partial charge in [0.25, 0.3) is 0 Å². The Labute approximate surface area is 60.9 Å². The number of carbonyl (C=O) groups is 1. The van der Waals surface area contributed by atoms with Gasteiger partial charge in [-0.25, -0.2) is 5.06 Å². The Bertz CT molecular complexity index is 106. The van der Waals surface area contributed by atoms with E-state index in [1.165, 1.54) is 12.2 Å². The Kier molecular flexibility index (Phi) is 4.88. The molecule has 0 aromatic heterocycles. The van der Waals surface area contributed by atoms with E-state index in [0.717, 1.165) is 0 Å². The van der Waals surface area contributed by atoms with Gasteiger partial charge in [0, 0.05) is 13.5 Å². The highest BCUT2D eigenvalue weighted by Gasteiger charge is 2.05. The van der Waals surface area contributed by atoms with Gasteiger partial charge in [0.1, 0.15) is 0 Å². The molecule has 0 aromatic rings. The lowest BCUT2D eigenvalue weighted by molar-refractivity contribution is -0.168. The van der Waals surface area contributed by atoms with Crippen LogP contribution in [-0.4, -0.2) is 31.7 Å². The summed E-state index contributed by atoms with van der Waals surface area (Å²) in [4.78, 5) is 15.5. The van der Waals surface area contributed by atoms with Crippen LogP contribution in [0, 0.1) is 0 Å². The third-order valence-corrected chi connectivity index (χ3v) is 1.22. The van der Waals surface area contributed by atoms with Gasteiger partial charge in [0.15, 0.2) is 0 Å². The van der Waals surface area contributed by atoms with Crippen LogP contribution in [0.5, 0.6) is 0 Å². The molecule has 0 spiro atoms. The van der Waals surface area contributed by atoms with Crippen molar-refractivity contribution in [2.24, 2.45) is 5.73 Å². The number of hydroxylamine groups is 2. The molecule has 0 heterocycles. The maximum absolute atomic E-state index is 10.9. The SMILES string of the molecule is CON(C)C(=O)CCCN. The van der Waals surface area contributed by atoms with Crippen molar-refractivity contribution in [3.05, 3.63) is 0 Å². The van der Waals surface area contributed by atoms with Crippen molar-refractivity contribution in [2.45, 2.75) is 12.8 Å². The van der Waals surface area contributed by atoms with Crippen molar-refractivity contribution in [1.82, 2.24) is 5.06 Å². The smallest absolute Gasteiger partial charge is 0.245 e. The van der Waals surface area contributed by atoms with Gasteiger partial charge in [-0.05, 0) is 13.0 Å². The van der Waals surface area contributed by atoms with Crippen molar-refractivity contribution < 1.29 is 9.63 Å². The number of nitrogens with zero attached hydrogens (tertiary/aromatic N) is 1. The minimum atomic E-state index is -0.0343. The zero-order valence-corrected chi connectivity index (χ0v) is 6.46. The van der Waals surface area contributed by atoms with Crippen LogP contribution in [-0.2, 0) is 9.63 Å². The van der Waals surface area contributed by atoms with Crippen LogP contribution in [0.25, 0.3) is 0 Å². The van der Waals surface area contributed by atoms with Crippen LogP contribution in [0.1, 0.15) is 12.8 Å². The number of amides is 1. The van der Waals surface area contributed by atoms with Gasteiger partial charge in [-0.2, -0.15) is 0 Å². The first kappa shape index (κ1) is 9.39. The molecule has 0 saturated heterocycles. The van der Waals surface area contributed by atoms with E-state index in [9.17, 15) is 4.79 Å². The first-order valence-electron chi connectivity index (χ1n) is 3.23. The third-order valence-electron chi connectivity index (χ3n) is 1.22. The van der Waals surface area contributed by atoms with Crippen molar-refractivity contribution in [2.75, 3.05) is 20.7 Å². The summed E-state index contributed by atoms with van der Waals surface area (Å²) in [6.45, 7) is 0.545. The van der Waals surface area contributed by atoms with Crippen LogP contribution in [0.15, 0.2) is 0 Å². The Morgan fingerprint density at radius 3 is 2.70 bits per heavy atom. The summed E-state index contributed by atoms with van der Waals surface area (Å²) in [5.74, 6) is -0.0343. The van der Waals surface area contributed by atoms with Gasteiger partial charge in [-0.3, -0.25) is 9.63 Å². The molecule has 1 amide bonds. The Morgan fingerprint density at radius 1 is 1.70 bits per heavy atom. The van der Waals surface area contributed by atoms with E-state index in [0.29, 0.717) is 19.4 Å². The lowest BCUT2D eigenvalue weighted by atomic mass is 10.3. The summed E-state index contributed by atoms with van der Waals surface area (Å²) in [5, 5.41) is 1.20. The predicted octanol–water partition coefficient (Wildman–Crippen LogP) is -0.255. The fraction of sp³-hybridized carbons (Fsp3) is 0.833. The highest BCUT2D eigenvalue weighted by Crippen LogP contribution is 1.92. The lowest BCUT2D eigenvalue weighted by Crippen LogP contribution is -2.25. The molecule has 0 bridgehead atoms. The maximum Gasteiger partial charge on any atom is 0.245 e. The second-order valence-corrected chi connectivity index (χ2v) is 1.97. The maximum atomic E-state index is 10.9. The fourth-order valence-electron chi connectivity index (χ4n) is 0.513. The molecule has 0 rings (SSSR count). The van der Waals surface area contributed by atoms with Crippen LogP contribution >= 0.6 is 0 Å². The molecule has 0 unspecified atom stereocenters. The van der Waals surface area contributed by atoms with Crippen LogP contribution in [0.3, 0.4) is 0 Å². The number of hydrogen-bond acceptors (Lipinski definition) is 3. The quantitative estimate of drug-likeness (QED) is 0.556. The van der Waals surface area contributed by atoms with E-state index >= 15 is 0 Å². The summed E-state index contributed by atoms with van der Waals surface area (Å²) >= 11 is 0.